The van der Waals surface area contributed by atoms with E-state index in [1.807, 2.05) is 31.2 Å². The van der Waals surface area contributed by atoms with E-state index in [0.717, 1.165) is 16.9 Å². The number of carbonyl (C=O) groups is 1. The number of nitrogens with one attached hydrogen (secondary N) is 1. The predicted molar refractivity (Wildman–Crippen MR) is 161 cm³/mol. The topological polar surface area (TPSA) is 129 Å². The molecule has 2 aromatic carbocycles. The van der Waals surface area contributed by atoms with Crippen LogP contribution in [0.2, 0.25) is 0 Å². The summed E-state index contributed by atoms with van der Waals surface area (Å²) < 4.78 is 23.1. The summed E-state index contributed by atoms with van der Waals surface area (Å²) in [5.41, 5.74) is 4.09. The zero-order chi connectivity index (χ0) is 28.6. The molecular weight excluding hydrogens is 530 g/mol. The molecule has 0 atom stereocenters. The Morgan fingerprint density at radius 3 is 2.60 bits per heavy atom. The Hall–Kier alpha value is -4.13. The Kier molecular flexibility index (Phi) is 7.41. The summed E-state index contributed by atoms with van der Waals surface area (Å²) in [6, 6.07) is 13.0. The number of amides is 1. The number of benzene rings is 2. The smallest absolute Gasteiger partial charge is 0.278 e. The summed E-state index contributed by atoms with van der Waals surface area (Å²) in [7, 11) is 0.916. The van der Waals surface area contributed by atoms with Crippen LogP contribution in [0.1, 0.15) is 15.9 Å². The lowest BCUT2D eigenvalue weighted by atomic mass is 10.1. The summed E-state index contributed by atoms with van der Waals surface area (Å²) in [5.74, 6) is 0.917. The normalized spacial score (nSPS) is 15.6. The monoisotopic (exact) mass is 563 g/mol. The zero-order valence-electron chi connectivity index (χ0n) is 22.7. The summed E-state index contributed by atoms with van der Waals surface area (Å²) in [6.45, 7) is 7.23. The highest BCUT2D eigenvalue weighted by atomic mass is 32.3. The molecule has 40 heavy (non-hydrogen) atoms. The first-order valence-corrected chi connectivity index (χ1v) is 14.7. The van der Waals surface area contributed by atoms with Crippen molar-refractivity contribution in [3.05, 3.63) is 82.8 Å². The number of anilines is 3. The number of carbonyl (C=O) groups excluding carboxylic acids is 1. The van der Waals surface area contributed by atoms with E-state index in [9.17, 15) is 18.7 Å². The molecule has 1 fully saturated rings. The largest absolute Gasteiger partial charge is 0.368 e. The van der Waals surface area contributed by atoms with Crippen LogP contribution in [-0.4, -0.2) is 77.9 Å². The molecule has 0 spiro atoms. The van der Waals surface area contributed by atoms with Crippen molar-refractivity contribution < 1.29 is 13.9 Å². The van der Waals surface area contributed by atoms with E-state index in [0.29, 0.717) is 52.8 Å². The van der Waals surface area contributed by atoms with Gasteiger partial charge in [-0.05, 0) is 48.9 Å². The van der Waals surface area contributed by atoms with Crippen molar-refractivity contribution >= 4 is 44.9 Å². The van der Waals surface area contributed by atoms with Crippen molar-refractivity contribution in [2.24, 2.45) is 0 Å². The highest BCUT2D eigenvalue weighted by molar-refractivity contribution is 8.24. The van der Waals surface area contributed by atoms with Gasteiger partial charge in [-0.1, -0.05) is 12.1 Å². The van der Waals surface area contributed by atoms with Gasteiger partial charge in [0.15, 0.2) is 5.65 Å². The maximum Gasteiger partial charge on any atom is 0.278 e. The highest BCUT2D eigenvalue weighted by Crippen LogP contribution is 2.41. The van der Waals surface area contributed by atoms with Crippen molar-refractivity contribution in [3.63, 3.8) is 0 Å². The number of fused-ring (bicyclic) bond motifs is 1. The van der Waals surface area contributed by atoms with Gasteiger partial charge < -0.3 is 15.1 Å². The minimum atomic E-state index is -2.46. The summed E-state index contributed by atoms with van der Waals surface area (Å²) in [6.07, 6.45) is 3.14. The molecule has 0 aliphatic carbocycles. The van der Waals surface area contributed by atoms with E-state index in [1.54, 1.807) is 43.1 Å². The van der Waals surface area contributed by atoms with Gasteiger partial charge in [-0.2, -0.15) is 15.6 Å². The Morgan fingerprint density at radius 2 is 1.93 bits per heavy atom. The number of hydrogen-bond acceptors (Lipinski definition) is 8. The van der Waals surface area contributed by atoms with Gasteiger partial charge in [0.25, 0.3) is 11.5 Å². The summed E-state index contributed by atoms with van der Waals surface area (Å²) in [4.78, 5) is 38.7. The molecule has 12 heteroatoms. The minimum Gasteiger partial charge on any atom is -0.368 e. The van der Waals surface area contributed by atoms with Gasteiger partial charge in [0.05, 0.1) is 23.7 Å². The molecule has 0 radical (unpaired) electrons. The van der Waals surface area contributed by atoms with Crippen LogP contribution in [0.25, 0.3) is 16.7 Å². The molecule has 0 unspecified atom stereocenters. The molecule has 4 aromatic rings. The maximum atomic E-state index is 13.3. The molecule has 3 heterocycles. The maximum absolute atomic E-state index is 13.3. The molecule has 5 rings (SSSR count). The Labute approximate surface area is 233 Å². The SMILES string of the molecule is C=CCn1c(=O)c2cnc(Nc3ccc(N4CCS(O)(O)CC4)c(C)c3)nc2n1-c1cccc(C(=O)N(C)C)c1. The van der Waals surface area contributed by atoms with Gasteiger partial charge in [0.1, 0.15) is 5.39 Å². The standard InChI is InChI=1S/C28H33N7O4S/c1-5-11-34-27(37)23-18-29-28(31-25(23)35(34)22-8-6-7-20(17-22)26(36)32(3)4)30-21-9-10-24(19(2)16-21)33-12-14-40(38,39)15-13-33/h5-10,16-18,38-39H,1,11-15H2,2-4H3,(H,29,30,31). The number of aryl methyl sites for hydroxylation is 1. The van der Waals surface area contributed by atoms with Gasteiger partial charge in [0.2, 0.25) is 5.95 Å². The Balaban J connectivity index is 1.50. The van der Waals surface area contributed by atoms with Crippen LogP contribution in [0, 0.1) is 6.92 Å². The fraction of sp³-hybridized carbons (Fsp3) is 0.286. The first kappa shape index (κ1) is 27.4. The van der Waals surface area contributed by atoms with Crippen LogP contribution >= 0.6 is 10.6 Å². The molecule has 1 aliphatic heterocycles. The second-order valence-corrected chi connectivity index (χ2v) is 12.4. The third kappa shape index (κ3) is 5.33. The molecule has 2 aromatic heterocycles. The quantitative estimate of drug-likeness (QED) is 0.287. The lowest BCUT2D eigenvalue weighted by Gasteiger charge is -2.42. The molecule has 210 valence electrons. The van der Waals surface area contributed by atoms with Gasteiger partial charge in [-0.3, -0.25) is 18.7 Å². The van der Waals surface area contributed by atoms with Gasteiger partial charge in [-0.15, -0.1) is 6.58 Å². The van der Waals surface area contributed by atoms with E-state index in [4.69, 9.17) is 4.98 Å². The first-order chi connectivity index (χ1) is 19.1. The van der Waals surface area contributed by atoms with Crippen molar-refractivity contribution in [1.29, 1.82) is 0 Å². The van der Waals surface area contributed by atoms with Crippen LogP contribution in [0.5, 0.6) is 0 Å². The van der Waals surface area contributed by atoms with Gasteiger partial charge in [-0.25, -0.2) is 14.3 Å². The second-order valence-electron chi connectivity index (χ2n) is 9.99. The van der Waals surface area contributed by atoms with E-state index < -0.39 is 10.6 Å². The summed E-state index contributed by atoms with van der Waals surface area (Å²) in [5, 5.41) is 3.59. The minimum absolute atomic E-state index is 0.149. The zero-order valence-corrected chi connectivity index (χ0v) is 23.6. The number of aromatic nitrogens is 4. The van der Waals surface area contributed by atoms with Crippen molar-refractivity contribution in [1.82, 2.24) is 24.2 Å². The Bertz CT molecular complexity index is 1650. The van der Waals surface area contributed by atoms with Crippen LogP contribution in [-0.2, 0) is 6.54 Å². The molecule has 1 amide bonds. The molecular formula is C28H33N7O4S. The van der Waals surface area contributed by atoms with Gasteiger partial charge >= 0.3 is 0 Å². The van der Waals surface area contributed by atoms with E-state index in [1.165, 1.54) is 15.8 Å². The fourth-order valence-electron chi connectivity index (χ4n) is 4.85. The van der Waals surface area contributed by atoms with Crippen LogP contribution in [0.3, 0.4) is 0 Å². The average Bonchev–Trinajstić information content (AvgIpc) is 3.19. The number of nitrogens with zero attached hydrogens (tertiary/aromatic N) is 6. The lowest BCUT2D eigenvalue weighted by molar-refractivity contribution is 0.0827. The lowest BCUT2D eigenvalue weighted by Crippen LogP contribution is -2.38. The fourth-order valence-corrected chi connectivity index (χ4v) is 6.08. The van der Waals surface area contributed by atoms with E-state index >= 15 is 0 Å². The molecule has 0 bridgehead atoms. The van der Waals surface area contributed by atoms with E-state index in [-0.39, 0.29) is 18.0 Å². The van der Waals surface area contributed by atoms with Gasteiger partial charge in [0, 0.05) is 50.3 Å². The van der Waals surface area contributed by atoms with Crippen molar-refractivity contribution in [3.8, 4) is 5.69 Å². The third-order valence-electron chi connectivity index (χ3n) is 6.89. The molecule has 3 N–H and O–H groups in total. The second kappa shape index (κ2) is 10.8. The van der Waals surface area contributed by atoms with Crippen molar-refractivity contribution in [2.75, 3.05) is 48.9 Å². The highest BCUT2D eigenvalue weighted by Gasteiger charge is 2.23. The summed E-state index contributed by atoms with van der Waals surface area (Å²) >= 11 is 0. The molecule has 1 aliphatic rings. The number of hydrogen-bond donors (Lipinski definition) is 3. The van der Waals surface area contributed by atoms with Crippen molar-refractivity contribution in [2.45, 2.75) is 13.5 Å². The molecule has 11 nitrogen and oxygen atoms in total. The molecule has 0 saturated carbocycles. The van der Waals surface area contributed by atoms with Crippen LogP contribution < -0.4 is 15.8 Å². The number of allylic oxidation sites excluding steroid dienone is 1. The van der Waals surface area contributed by atoms with Crippen LogP contribution in [0.4, 0.5) is 17.3 Å². The third-order valence-corrected chi connectivity index (χ3v) is 8.56. The Morgan fingerprint density at radius 1 is 1.18 bits per heavy atom. The van der Waals surface area contributed by atoms with E-state index in [2.05, 4.69) is 21.8 Å². The van der Waals surface area contributed by atoms with Crippen LogP contribution in [0.15, 0.2) is 66.1 Å². The first-order valence-electron chi connectivity index (χ1n) is 12.9. The molecule has 1 saturated heterocycles. The average molecular weight is 564 g/mol. The predicted octanol–water partition coefficient (Wildman–Crippen LogP) is 4.09. The number of rotatable bonds is 7.